The van der Waals surface area contributed by atoms with Crippen molar-refractivity contribution < 1.29 is 29.5 Å². The Kier molecular flexibility index (Phi) is 5.72. The molecular formula is C31H26N2O7. The van der Waals surface area contributed by atoms with Gasteiger partial charge in [0, 0.05) is 40.5 Å². The first-order valence-electron chi connectivity index (χ1n) is 12.4. The first-order chi connectivity index (χ1) is 19.3. The number of methoxy groups -OCH3 is 3. The predicted molar refractivity (Wildman–Crippen MR) is 154 cm³/mol. The lowest BCUT2D eigenvalue weighted by atomic mass is 9.97. The van der Waals surface area contributed by atoms with E-state index in [4.69, 9.17) is 14.2 Å². The summed E-state index contributed by atoms with van der Waals surface area (Å²) in [5.74, 6) is 0.649. The molecule has 0 radical (unpaired) electrons. The second kappa shape index (κ2) is 9.16. The van der Waals surface area contributed by atoms with Crippen LogP contribution in [-0.2, 0) is 6.54 Å². The highest BCUT2D eigenvalue weighted by atomic mass is 16.5. The summed E-state index contributed by atoms with van der Waals surface area (Å²) < 4.78 is 19.7. The summed E-state index contributed by atoms with van der Waals surface area (Å²) in [5, 5.41) is 34.2. The maximum atomic E-state index is 14.2. The van der Waals surface area contributed by atoms with Crippen molar-refractivity contribution in [1.29, 1.82) is 0 Å². The van der Waals surface area contributed by atoms with Crippen LogP contribution in [0, 0.1) is 0 Å². The summed E-state index contributed by atoms with van der Waals surface area (Å²) in [6.45, 7) is 4.03. The molecule has 202 valence electrons. The Morgan fingerprint density at radius 1 is 0.800 bits per heavy atom. The van der Waals surface area contributed by atoms with Crippen molar-refractivity contribution in [3.63, 3.8) is 0 Å². The number of phenols is 3. The third-order valence-corrected chi connectivity index (χ3v) is 7.30. The van der Waals surface area contributed by atoms with Crippen LogP contribution in [0.2, 0.25) is 0 Å². The van der Waals surface area contributed by atoms with Crippen LogP contribution in [0.5, 0.6) is 34.5 Å². The maximum absolute atomic E-state index is 14.2. The number of allylic oxidation sites excluding steroid dienone is 1. The van der Waals surface area contributed by atoms with Crippen molar-refractivity contribution in [3.05, 3.63) is 77.7 Å². The number of ether oxygens (including phenoxy) is 3. The van der Waals surface area contributed by atoms with Gasteiger partial charge in [-0.3, -0.25) is 4.79 Å². The summed E-state index contributed by atoms with van der Waals surface area (Å²) in [6, 6.07) is 13.4. The number of hydrogen-bond donors (Lipinski definition) is 3. The molecule has 3 heterocycles. The van der Waals surface area contributed by atoms with Gasteiger partial charge in [-0.1, -0.05) is 12.1 Å². The van der Waals surface area contributed by atoms with Crippen LogP contribution >= 0.6 is 0 Å². The molecule has 0 saturated heterocycles. The molecule has 6 rings (SSSR count). The lowest BCUT2D eigenvalue weighted by Crippen LogP contribution is -2.21. The summed E-state index contributed by atoms with van der Waals surface area (Å²) >= 11 is 0. The largest absolute Gasteiger partial charge is 0.504 e. The minimum Gasteiger partial charge on any atom is -0.504 e. The predicted octanol–water partition coefficient (Wildman–Crippen LogP) is 5.56. The van der Waals surface area contributed by atoms with Crippen molar-refractivity contribution >= 4 is 38.1 Å². The molecule has 0 spiro atoms. The highest BCUT2D eigenvalue weighted by molar-refractivity contribution is 6.22. The Bertz CT molecular complexity index is 2070. The lowest BCUT2D eigenvalue weighted by Gasteiger charge is -2.14. The van der Waals surface area contributed by atoms with Crippen LogP contribution in [-0.4, -0.2) is 45.6 Å². The third kappa shape index (κ3) is 3.44. The SMILES string of the molecule is C=CCn1c(=O)c2c(c(-c3ccc(O)c(OC)c3)c3c4cc(OC)c(O)cc4ccn32)c2cc(OC)c(O)cc21. The lowest BCUT2D eigenvalue weighted by molar-refractivity contribution is 0.373. The normalized spacial score (nSPS) is 11.5. The van der Waals surface area contributed by atoms with Crippen LogP contribution in [0.25, 0.3) is 49.2 Å². The third-order valence-electron chi connectivity index (χ3n) is 7.30. The van der Waals surface area contributed by atoms with E-state index >= 15 is 0 Å². The molecular weight excluding hydrogens is 512 g/mol. The first-order valence-corrected chi connectivity index (χ1v) is 12.4. The van der Waals surface area contributed by atoms with Crippen LogP contribution in [0.15, 0.2) is 72.2 Å². The zero-order valence-corrected chi connectivity index (χ0v) is 22.1. The molecule has 0 aliphatic heterocycles. The molecule has 3 aromatic carbocycles. The summed E-state index contributed by atoms with van der Waals surface area (Å²) in [7, 11) is 4.41. The van der Waals surface area contributed by atoms with Crippen molar-refractivity contribution in [3.8, 4) is 45.6 Å². The smallest absolute Gasteiger partial charge is 0.276 e. The van der Waals surface area contributed by atoms with Crippen LogP contribution in [0.1, 0.15) is 0 Å². The van der Waals surface area contributed by atoms with Crippen LogP contribution < -0.4 is 19.8 Å². The summed E-state index contributed by atoms with van der Waals surface area (Å²) in [4.78, 5) is 14.2. The van der Waals surface area contributed by atoms with E-state index in [2.05, 4.69) is 6.58 Å². The highest BCUT2D eigenvalue weighted by Crippen LogP contribution is 2.46. The zero-order chi connectivity index (χ0) is 28.3. The Balaban J connectivity index is 1.97. The number of hydrogen-bond acceptors (Lipinski definition) is 7. The average Bonchev–Trinajstić information content (AvgIpc) is 3.30. The van der Waals surface area contributed by atoms with Gasteiger partial charge in [0.25, 0.3) is 5.56 Å². The molecule has 0 unspecified atom stereocenters. The summed E-state index contributed by atoms with van der Waals surface area (Å²) in [5.41, 5.74) is 2.65. The van der Waals surface area contributed by atoms with Gasteiger partial charge in [-0.25, -0.2) is 0 Å². The molecule has 0 saturated carbocycles. The van der Waals surface area contributed by atoms with Crippen molar-refractivity contribution in [1.82, 2.24) is 8.97 Å². The van der Waals surface area contributed by atoms with Gasteiger partial charge in [0.15, 0.2) is 34.5 Å². The number of aromatic hydroxyl groups is 3. The average molecular weight is 539 g/mol. The molecule has 40 heavy (non-hydrogen) atoms. The Morgan fingerprint density at radius 2 is 1.45 bits per heavy atom. The first kappa shape index (κ1) is 25.0. The zero-order valence-electron chi connectivity index (χ0n) is 22.1. The van der Waals surface area contributed by atoms with Crippen LogP contribution in [0.4, 0.5) is 0 Å². The van der Waals surface area contributed by atoms with Gasteiger partial charge in [-0.2, -0.15) is 0 Å². The molecule has 6 aromatic rings. The fourth-order valence-electron chi connectivity index (χ4n) is 5.53. The van der Waals surface area contributed by atoms with Gasteiger partial charge >= 0.3 is 0 Å². The standard InChI is InChI=1S/C31H26N2O7/c1-5-9-32-20-15-23(36)26(40-4)14-19(20)28-27(17-6-7-21(34)24(12-17)38-2)29-18-13-25(39-3)22(35)11-16(18)8-10-33(29)30(28)31(32)37/h5-8,10-15,34-36H,1,9H2,2-4H3. The minimum absolute atomic E-state index is 0.0117. The number of nitrogens with zero attached hydrogens (tertiary/aromatic N) is 2. The van der Waals surface area contributed by atoms with Gasteiger partial charge in [-0.15, -0.1) is 6.58 Å². The van der Waals surface area contributed by atoms with E-state index in [0.29, 0.717) is 38.4 Å². The fourth-order valence-corrected chi connectivity index (χ4v) is 5.53. The number of phenolic OH excluding ortho intramolecular Hbond substituents is 3. The Labute approximate surface area is 227 Å². The van der Waals surface area contributed by atoms with E-state index < -0.39 is 0 Å². The van der Waals surface area contributed by atoms with Crippen LogP contribution in [0.3, 0.4) is 0 Å². The van der Waals surface area contributed by atoms with E-state index in [0.717, 1.165) is 10.8 Å². The monoisotopic (exact) mass is 538 g/mol. The van der Waals surface area contributed by atoms with Gasteiger partial charge in [0.2, 0.25) is 0 Å². The quantitative estimate of drug-likeness (QED) is 0.238. The molecule has 9 heteroatoms. The van der Waals surface area contributed by atoms with Gasteiger partial charge < -0.3 is 38.5 Å². The van der Waals surface area contributed by atoms with Gasteiger partial charge in [0.05, 0.1) is 32.4 Å². The second-order valence-corrected chi connectivity index (χ2v) is 9.38. The Hall–Kier alpha value is -5.31. The number of pyridine rings is 2. The molecule has 0 aliphatic rings. The number of aromatic nitrogens is 2. The molecule has 0 aliphatic carbocycles. The van der Waals surface area contributed by atoms with Crippen molar-refractivity contribution in [2.75, 3.05) is 21.3 Å². The van der Waals surface area contributed by atoms with Crippen molar-refractivity contribution in [2.24, 2.45) is 0 Å². The molecule has 0 bridgehead atoms. The molecule has 3 N–H and O–H groups in total. The molecule has 0 atom stereocenters. The second-order valence-electron chi connectivity index (χ2n) is 9.38. The number of benzene rings is 3. The highest BCUT2D eigenvalue weighted by Gasteiger charge is 2.25. The van der Waals surface area contributed by atoms with E-state index in [1.807, 2.05) is 10.5 Å². The van der Waals surface area contributed by atoms with E-state index in [9.17, 15) is 20.1 Å². The Morgan fingerprint density at radius 3 is 2.12 bits per heavy atom. The molecule has 3 aromatic heterocycles. The number of rotatable bonds is 6. The summed E-state index contributed by atoms with van der Waals surface area (Å²) in [6.07, 6.45) is 3.41. The fraction of sp³-hybridized carbons (Fsp3) is 0.129. The van der Waals surface area contributed by atoms with Gasteiger partial charge in [-0.05, 0) is 47.3 Å². The molecule has 0 amide bonds. The minimum atomic E-state index is -0.288. The van der Waals surface area contributed by atoms with E-state index in [-0.39, 0.29) is 46.6 Å². The topological polar surface area (TPSA) is 115 Å². The number of fused-ring (bicyclic) bond motifs is 7. The van der Waals surface area contributed by atoms with E-state index in [1.165, 1.54) is 33.5 Å². The van der Waals surface area contributed by atoms with E-state index in [1.54, 1.807) is 47.2 Å². The van der Waals surface area contributed by atoms with Crippen molar-refractivity contribution in [2.45, 2.75) is 6.54 Å². The maximum Gasteiger partial charge on any atom is 0.276 e. The molecule has 0 fully saturated rings. The molecule has 9 nitrogen and oxygen atoms in total. The van der Waals surface area contributed by atoms with Gasteiger partial charge in [0.1, 0.15) is 5.52 Å².